The molecule has 3 heterocycles. The third-order valence-corrected chi connectivity index (χ3v) is 9.33. The summed E-state index contributed by atoms with van der Waals surface area (Å²) < 4.78 is 12.0. The number of anilines is 1. The van der Waals surface area contributed by atoms with Crippen molar-refractivity contribution < 1.29 is 28.7 Å². The van der Waals surface area contributed by atoms with E-state index >= 15 is 0 Å². The highest BCUT2D eigenvalue weighted by molar-refractivity contribution is 6.23. The second-order valence-electron chi connectivity index (χ2n) is 12.9. The van der Waals surface area contributed by atoms with Gasteiger partial charge in [-0.05, 0) is 60.0 Å². The number of carbonyl (C=O) groups excluding carboxylic acids is 4. The van der Waals surface area contributed by atoms with Gasteiger partial charge in [0, 0.05) is 36.4 Å². The molecule has 3 aliphatic rings. The predicted octanol–water partition coefficient (Wildman–Crippen LogP) is 4.89. The van der Waals surface area contributed by atoms with Gasteiger partial charge in [-0.1, -0.05) is 38.1 Å². The lowest BCUT2D eigenvalue weighted by molar-refractivity contribution is -0.136. The Morgan fingerprint density at radius 1 is 0.878 bits per heavy atom. The standard InChI is InChI=1S/C37H32N6O6/c1-37(2,22-5-10-27(11-6-22)49-33-20-39-25(18-38)19-40-33)21-3-8-26(9-4-21)48-28-15-24(16-28)41-23-7-12-29-30(17-23)36(47)43(35(29)46)31-13-14-32(44)42-34(31)45/h3-12,17,19-20,24,28,31,41H,13-16H2,1-2H3,(H,42,44,45)/t24-,28-,31?. The summed E-state index contributed by atoms with van der Waals surface area (Å²) in [6.07, 6.45) is 4.55. The van der Waals surface area contributed by atoms with Gasteiger partial charge in [-0.25, -0.2) is 9.97 Å². The molecular weight excluding hydrogens is 624 g/mol. The number of imide groups is 2. The fourth-order valence-corrected chi connectivity index (χ4v) is 6.37. The molecule has 0 spiro atoms. The number of piperidine rings is 1. The van der Waals surface area contributed by atoms with Gasteiger partial charge in [0.1, 0.15) is 29.7 Å². The summed E-state index contributed by atoms with van der Waals surface area (Å²) in [4.78, 5) is 59.0. The summed E-state index contributed by atoms with van der Waals surface area (Å²) in [6.45, 7) is 4.31. The molecule has 2 aliphatic heterocycles. The number of rotatable bonds is 9. The first-order valence-corrected chi connectivity index (χ1v) is 16.0. The van der Waals surface area contributed by atoms with Crippen LogP contribution in [0.25, 0.3) is 0 Å². The van der Waals surface area contributed by atoms with Crippen LogP contribution < -0.4 is 20.1 Å². The smallest absolute Gasteiger partial charge is 0.262 e. The van der Waals surface area contributed by atoms with Crippen molar-refractivity contribution >= 4 is 29.3 Å². The lowest BCUT2D eigenvalue weighted by atomic mass is 9.78. The number of benzene rings is 3. The van der Waals surface area contributed by atoms with Crippen molar-refractivity contribution in [2.45, 2.75) is 63.1 Å². The van der Waals surface area contributed by atoms with E-state index in [4.69, 9.17) is 14.7 Å². The van der Waals surface area contributed by atoms with Crippen LogP contribution in [0, 0.1) is 11.3 Å². The van der Waals surface area contributed by atoms with E-state index in [-0.39, 0.29) is 47.2 Å². The molecule has 0 bridgehead atoms. The molecular formula is C37H32N6O6. The second kappa shape index (κ2) is 12.5. The van der Waals surface area contributed by atoms with Crippen molar-refractivity contribution in [3.05, 3.63) is 107 Å². The number of aromatic nitrogens is 2. The Hall–Kier alpha value is -6.09. The third-order valence-electron chi connectivity index (χ3n) is 9.33. The first-order valence-electron chi connectivity index (χ1n) is 16.0. The minimum atomic E-state index is -0.990. The average molecular weight is 657 g/mol. The van der Waals surface area contributed by atoms with Crippen LogP contribution in [0.4, 0.5) is 5.69 Å². The molecule has 1 unspecified atom stereocenters. The molecule has 1 saturated carbocycles. The second-order valence-corrected chi connectivity index (χ2v) is 12.9. The van der Waals surface area contributed by atoms with Crippen molar-refractivity contribution in [2.75, 3.05) is 5.32 Å². The highest BCUT2D eigenvalue weighted by Crippen LogP contribution is 2.36. The van der Waals surface area contributed by atoms with E-state index in [9.17, 15) is 19.2 Å². The van der Waals surface area contributed by atoms with Gasteiger partial charge in [0.15, 0.2) is 5.69 Å². The van der Waals surface area contributed by atoms with Crippen LogP contribution in [0.15, 0.2) is 79.1 Å². The first-order chi connectivity index (χ1) is 23.6. The number of amides is 4. The van der Waals surface area contributed by atoms with E-state index in [1.165, 1.54) is 12.4 Å². The summed E-state index contributed by atoms with van der Waals surface area (Å²) in [7, 11) is 0. The number of nitrogens with zero attached hydrogens (tertiary/aromatic N) is 4. The number of nitrogens with one attached hydrogen (secondary N) is 2. The Labute approximate surface area is 282 Å². The Bertz CT molecular complexity index is 2000. The zero-order valence-electron chi connectivity index (χ0n) is 26.8. The predicted molar refractivity (Wildman–Crippen MR) is 176 cm³/mol. The largest absolute Gasteiger partial charge is 0.490 e. The molecule has 4 amide bonds. The number of nitriles is 1. The summed E-state index contributed by atoms with van der Waals surface area (Å²) in [5.74, 6) is -0.368. The van der Waals surface area contributed by atoms with Gasteiger partial charge in [-0.2, -0.15) is 5.26 Å². The molecule has 246 valence electrons. The summed E-state index contributed by atoms with van der Waals surface area (Å²) in [5, 5.41) is 14.5. The quantitative estimate of drug-likeness (QED) is 0.237. The maximum absolute atomic E-state index is 13.1. The topological polar surface area (TPSA) is 164 Å². The molecule has 49 heavy (non-hydrogen) atoms. The van der Waals surface area contributed by atoms with E-state index in [2.05, 4.69) is 46.6 Å². The highest BCUT2D eigenvalue weighted by atomic mass is 16.5. The van der Waals surface area contributed by atoms with Gasteiger partial charge in [-0.3, -0.25) is 29.4 Å². The molecule has 7 rings (SSSR count). The van der Waals surface area contributed by atoms with Crippen molar-refractivity contribution in [1.82, 2.24) is 20.2 Å². The zero-order chi connectivity index (χ0) is 34.3. The van der Waals surface area contributed by atoms with Crippen molar-refractivity contribution in [3.8, 4) is 23.4 Å². The van der Waals surface area contributed by atoms with E-state index < -0.39 is 29.7 Å². The SMILES string of the molecule is CC(C)(c1ccc(Oc2cnc(C#N)cn2)cc1)c1ccc(O[C@H]2C[C@H](Nc3ccc4c(c3)C(=O)N(C3CCC(=O)NC3=O)C4=O)C2)cc1. The molecule has 4 aromatic rings. The Morgan fingerprint density at radius 2 is 1.55 bits per heavy atom. The zero-order valence-corrected chi connectivity index (χ0v) is 26.8. The fourth-order valence-electron chi connectivity index (χ4n) is 6.37. The maximum Gasteiger partial charge on any atom is 0.262 e. The van der Waals surface area contributed by atoms with Crippen LogP contribution in [0.5, 0.6) is 17.4 Å². The van der Waals surface area contributed by atoms with Gasteiger partial charge in [0.25, 0.3) is 11.8 Å². The van der Waals surface area contributed by atoms with Gasteiger partial charge in [-0.15, -0.1) is 0 Å². The summed E-state index contributed by atoms with van der Waals surface area (Å²) in [5.41, 5.74) is 3.39. The highest BCUT2D eigenvalue weighted by Gasteiger charge is 2.44. The van der Waals surface area contributed by atoms with Gasteiger partial charge in [0.05, 0.1) is 23.5 Å². The Kier molecular flexibility index (Phi) is 8.04. The van der Waals surface area contributed by atoms with E-state index in [0.29, 0.717) is 17.3 Å². The minimum Gasteiger partial charge on any atom is -0.490 e. The molecule has 2 N–H and O–H groups in total. The molecule has 1 aliphatic carbocycles. The molecule has 3 aromatic carbocycles. The van der Waals surface area contributed by atoms with Crippen LogP contribution in [0.3, 0.4) is 0 Å². The van der Waals surface area contributed by atoms with Gasteiger partial charge < -0.3 is 14.8 Å². The molecule has 12 nitrogen and oxygen atoms in total. The Balaban J connectivity index is 0.915. The Morgan fingerprint density at radius 3 is 2.18 bits per heavy atom. The molecule has 1 atom stereocenters. The third kappa shape index (κ3) is 6.18. The monoisotopic (exact) mass is 656 g/mol. The van der Waals surface area contributed by atoms with E-state index in [1.54, 1.807) is 18.2 Å². The minimum absolute atomic E-state index is 0.0327. The van der Waals surface area contributed by atoms with Crippen LogP contribution in [0.2, 0.25) is 0 Å². The summed E-state index contributed by atoms with van der Waals surface area (Å²) in [6, 6.07) is 22.0. The first kappa shape index (κ1) is 31.5. The van der Waals surface area contributed by atoms with Crippen molar-refractivity contribution in [3.63, 3.8) is 0 Å². The maximum atomic E-state index is 13.1. The number of hydrogen-bond acceptors (Lipinski definition) is 10. The van der Waals surface area contributed by atoms with E-state index in [1.807, 2.05) is 42.5 Å². The van der Waals surface area contributed by atoms with Crippen molar-refractivity contribution in [2.24, 2.45) is 0 Å². The number of fused-ring (bicyclic) bond motifs is 1. The number of ether oxygens (including phenoxy) is 2. The molecule has 0 radical (unpaired) electrons. The van der Waals surface area contributed by atoms with Crippen LogP contribution in [-0.2, 0) is 15.0 Å². The number of hydrogen-bond donors (Lipinski definition) is 2. The van der Waals surface area contributed by atoms with Gasteiger partial charge >= 0.3 is 0 Å². The molecule has 2 fully saturated rings. The van der Waals surface area contributed by atoms with Crippen molar-refractivity contribution in [1.29, 1.82) is 5.26 Å². The van der Waals surface area contributed by atoms with Crippen LogP contribution in [-0.4, -0.2) is 56.7 Å². The lowest BCUT2D eigenvalue weighted by Gasteiger charge is -2.36. The van der Waals surface area contributed by atoms with E-state index in [0.717, 1.165) is 34.6 Å². The van der Waals surface area contributed by atoms with Crippen LogP contribution >= 0.6 is 0 Å². The normalized spacial score (nSPS) is 20.2. The number of carbonyl (C=O) groups is 4. The molecule has 1 aromatic heterocycles. The molecule has 1 saturated heterocycles. The average Bonchev–Trinajstić information content (AvgIpc) is 3.33. The van der Waals surface area contributed by atoms with Crippen LogP contribution in [0.1, 0.15) is 77.1 Å². The lowest BCUT2D eigenvalue weighted by Crippen LogP contribution is -2.54. The molecule has 12 heteroatoms. The van der Waals surface area contributed by atoms with Gasteiger partial charge in [0.2, 0.25) is 17.7 Å². The summed E-state index contributed by atoms with van der Waals surface area (Å²) >= 11 is 0. The fraction of sp³-hybridized carbons (Fsp3) is 0.270.